The first-order valence-corrected chi connectivity index (χ1v) is 11.3. The third-order valence-electron chi connectivity index (χ3n) is 6.08. The van der Waals surface area contributed by atoms with Gasteiger partial charge >= 0.3 is 5.97 Å². The Labute approximate surface area is 176 Å². The van der Waals surface area contributed by atoms with E-state index in [1.165, 1.54) is 69.8 Å². The first-order chi connectivity index (χ1) is 14.0. The van der Waals surface area contributed by atoms with Crippen molar-refractivity contribution in [2.24, 2.45) is 5.92 Å². The summed E-state index contributed by atoms with van der Waals surface area (Å²) in [4.78, 5) is 23.9. The smallest absolute Gasteiger partial charge is 0.338 e. The number of benzene rings is 1. The van der Waals surface area contributed by atoms with E-state index >= 15 is 0 Å². The molecule has 158 valence electrons. The molecular formula is C26H36O3. The standard InChI is InChI=1S/C26H36O3/c1-4-6-7-8-9-11-21-12-14-22(15-13-21)23-16-18-24(19-17-23)26(28)29-20(3)25(27)10-5-2/h16-22H,4,6-9,11-15H2,1-3H3/t20?,21-,22-. The number of hydrogen-bond donors (Lipinski definition) is 0. The van der Waals surface area contributed by atoms with Gasteiger partial charge in [0.15, 0.2) is 6.10 Å². The van der Waals surface area contributed by atoms with Gasteiger partial charge in [-0.1, -0.05) is 63.5 Å². The Kier molecular flexibility index (Phi) is 9.98. The minimum absolute atomic E-state index is 0.375. The van der Waals surface area contributed by atoms with E-state index in [1.807, 2.05) is 24.3 Å². The number of ether oxygens (including phenoxy) is 1. The molecule has 0 amide bonds. The van der Waals surface area contributed by atoms with Crippen LogP contribution in [0.4, 0.5) is 0 Å². The monoisotopic (exact) mass is 396 g/mol. The van der Waals surface area contributed by atoms with Crippen LogP contribution in [-0.2, 0) is 9.53 Å². The number of Topliss-reactive ketones (excluding diaryl/α,β-unsaturated/α-hetero) is 1. The predicted molar refractivity (Wildman–Crippen MR) is 118 cm³/mol. The molecule has 1 aliphatic rings. The molecule has 0 bridgehead atoms. The fourth-order valence-corrected chi connectivity index (χ4v) is 4.22. The van der Waals surface area contributed by atoms with Crippen molar-refractivity contribution in [2.45, 2.75) is 97.0 Å². The van der Waals surface area contributed by atoms with Crippen LogP contribution >= 0.6 is 0 Å². The summed E-state index contributed by atoms with van der Waals surface area (Å²) in [6, 6.07) is 7.73. The normalized spacial score (nSPS) is 19.7. The SMILES string of the molecule is CC#CC(=O)C(C)OC(=O)c1ccc([C@H]2CC[C@H](CCCCCCC)CC2)cc1. The minimum Gasteiger partial charge on any atom is -0.450 e. The average molecular weight is 397 g/mol. The Balaban J connectivity index is 1.78. The van der Waals surface area contributed by atoms with Crippen LogP contribution in [0.25, 0.3) is 0 Å². The highest BCUT2D eigenvalue weighted by Crippen LogP contribution is 2.37. The summed E-state index contributed by atoms with van der Waals surface area (Å²) in [5.41, 5.74) is 1.79. The second kappa shape index (κ2) is 12.5. The van der Waals surface area contributed by atoms with Crippen molar-refractivity contribution in [3.8, 4) is 11.8 Å². The van der Waals surface area contributed by atoms with E-state index in [9.17, 15) is 9.59 Å². The van der Waals surface area contributed by atoms with Gasteiger partial charge in [0, 0.05) is 0 Å². The molecule has 1 aromatic rings. The summed E-state index contributed by atoms with van der Waals surface area (Å²) < 4.78 is 5.22. The number of esters is 1. The molecule has 1 saturated carbocycles. The summed E-state index contributed by atoms with van der Waals surface area (Å²) >= 11 is 0. The van der Waals surface area contributed by atoms with Crippen LogP contribution in [0.1, 0.15) is 107 Å². The van der Waals surface area contributed by atoms with Gasteiger partial charge < -0.3 is 4.74 Å². The van der Waals surface area contributed by atoms with Gasteiger partial charge in [0.25, 0.3) is 0 Å². The van der Waals surface area contributed by atoms with Gasteiger partial charge in [-0.2, -0.15) is 0 Å². The zero-order valence-electron chi connectivity index (χ0n) is 18.3. The van der Waals surface area contributed by atoms with Crippen LogP contribution in [0.2, 0.25) is 0 Å². The lowest BCUT2D eigenvalue weighted by Crippen LogP contribution is -2.23. The van der Waals surface area contributed by atoms with Crippen molar-refractivity contribution in [1.29, 1.82) is 0 Å². The molecular weight excluding hydrogens is 360 g/mol. The van der Waals surface area contributed by atoms with Gasteiger partial charge in [-0.15, -0.1) is 0 Å². The van der Waals surface area contributed by atoms with Crippen LogP contribution < -0.4 is 0 Å². The molecule has 2 rings (SSSR count). The quantitative estimate of drug-likeness (QED) is 0.197. The van der Waals surface area contributed by atoms with Crippen LogP contribution in [0.5, 0.6) is 0 Å². The highest BCUT2D eigenvalue weighted by molar-refractivity contribution is 6.00. The largest absolute Gasteiger partial charge is 0.450 e. The maximum absolute atomic E-state index is 12.2. The van der Waals surface area contributed by atoms with E-state index in [0.717, 1.165) is 5.92 Å². The summed E-state index contributed by atoms with van der Waals surface area (Å²) in [5.74, 6) is 5.59. The lowest BCUT2D eigenvalue weighted by Gasteiger charge is -2.29. The van der Waals surface area contributed by atoms with Crippen LogP contribution in [0, 0.1) is 17.8 Å². The Bertz CT molecular complexity index is 700. The van der Waals surface area contributed by atoms with Crippen LogP contribution in [0.3, 0.4) is 0 Å². The van der Waals surface area contributed by atoms with Crippen molar-refractivity contribution in [1.82, 2.24) is 0 Å². The molecule has 1 atom stereocenters. The van der Waals surface area contributed by atoms with Crippen LogP contribution in [-0.4, -0.2) is 17.9 Å². The minimum atomic E-state index is -0.841. The average Bonchev–Trinajstić information content (AvgIpc) is 2.74. The van der Waals surface area contributed by atoms with Gasteiger partial charge in [0.1, 0.15) is 0 Å². The van der Waals surface area contributed by atoms with E-state index < -0.39 is 12.1 Å². The van der Waals surface area contributed by atoms with E-state index in [2.05, 4.69) is 18.8 Å². The number of ketones is 1. The fourth-order valence-electron chi connectivity index (χ4n) is 4.22. The summed E-state index contributed by atoms with van der Waals surface area (Å²) in [6.45, 7) is 5.41. The molecule has 1 aromatic carbocycles. The van der Waals surface area contributed by atoms with Gasteiger partial charge in [-0.05, 0) is 75.0 Å². The predicted octanol–water partition coefficient (Wildman–Crippen LogP) is 6.46. The molecule has 0 aliphatic heterocycles. The van der Waals surface area contributed by atoms with Crippen molar-refractivity contribution in [3.63, 3.8) is 0 Å². The first kappa shape index (κ1) is 23.2. The molecule has 29 heavy (non-hydrogen) atoms. The summed E-state index contributed by atoms with van der Waals surface area (Å²) in [7, 11) is 0. The molecule has 0 radical (unpaired) electrons. The topological polar surface area (TPSA) is 43.4 Å². The zero-order valence-corrected chi connectivity index (χ0v) is 18.3. The van der Waals surface area contributed by atoms with Crippen molar-refractivity contribution in [2.75, 3.05) is 0 Å². The molecule has 0 heterocycles. The van der Waals surface area contributed by atoms with Gasteiger partial charge in [0.05, 0.1) is 5.56 Å². The molecule has 3 nitrogen and oxygen atoms in total. The second-order valence-corrected chi connectivity index (χ2v) is 8.33. The van der Waals surface area contributed by atoms with E-state index in [4.69, 9.17) is 4.74 Å². The Morgan fingerprint density at radius 3 is 2.31 bits per heavy atom. The molecule has 0 aromatic heterocycles. The fraction of sp³-hybridized carbons (Fsp3) is 0.615. The Hall–Kier alpha value is -2.08. The van der Waals surface area contributed by atoms with Crippen molar-refractivity contribution < 1.29 is 14.3 Å². The maximum atomic E-state index is 12.2. The van der Waals surface area contributed by atoms with Gasteiger partial charge in [0.2, 0.25) is 5.78 Å². The van der Waals surface area contributed by atoms with Crippen molar-refractivity contribution >= 4 is 11.8 Å². The molecule has 3 heteroatoms. The Morgan fingerprint density at radius 2 is 1.69 bits per heavy atom. The number of hydrogen-bond acceptors (Lipinski definition) is 3. The summed E-state index contributed by atoms with van der Waals surface area (Å²) in [5, 5.41) is 0. The summed E-state index contributed by atoms with van der Waals surface area (Å²) in [6.07, 6.45) is 12.5. The molecule has 1 aliphatic carbocycles. The highest BCUT2D eigenvalue weighted by atomic mass is 16.5. The zero-order chi connectivity index (χ0) is 21.1. The first-order valence-electron chi connectivity index (χ1n) is 11.3. The third kappa shape index (κ3) is 7.69. The molecule has 1 unspecified atom stereocenters. The number of carbonyl (C=O) groups excluding carboxylic acids is 2. The number of rotatable bonds is 10. The second-order valence-electron chi connectivity index (χ2n) is 8.33. The van der Waals surface area contributed by atoms with E-state index in [-0.39, 0.29) is 5.78 Å². The van der Waals surface area contributed by atoms with Crippen LogP contribution in [0.15, 0.2) is 24.3 Å². The number of unbranched alkanes of at least 4 members (excludes halogenated alkanes) is 4. The maximum Gasteiger partial charge on any atom is 0.338 e. The molecule has 0 spiro atoms. The van der Waals surface area contributed by atoms with E-state index in [1.54, 1.807) is 13.8 Å². The lowest BCUT2D eigenvalue weighted by atomic mass is 9.77. The van der Waals surface area contributed by atoms with E-state index in [0.29, 0.717) is 11.5 Å². The Morgan fingerprint density at radius 1 is 1.03 bits per heavy atom. The molecule has 0 saturated heterocycles. The van der Waals surface area contributed by atoms with Gasteiger partial charge in [-0.3, -0.25) is 4.79 Å². The molecule has 1 fully saturated rings. The van der Waals surface area contributed by atoms with Crippen molar-refractivity contribution in [3.05, 3.63) is 35.4 Å². The highest BCUT2D eigenvalue weighted by Gasteiger charge is 2.23. The van der Waals surface area contributed by atoms with Gasteiger partial charge in [-0.25, -0.2) is 4.79 Å². The third-order valence-corrected chi connectivity index (χ3v) is 6.08. The molecule has 0 N–H and O–H groups in total. The lowest BCUT2D eigenvalue weighted by molar-refractivity contribution is -0.121. The number of carbonyl (C=O) groups is 2.